The van der Waals surface area contributed by atoms with E-state index in [-0.39, 0.29) is 45.1 Å². The van der Waals surface area contributed by atoms with Gasteiger partial charge in [0.15, 0.2) is 0 Å². The number of anilines is 6. The molecule has 0 fully saturated rings. The second-order valence-electron chi connectivity index (χ2n) is 28.6. The largest absolute Gasteiger partial charge is 0.311 e. The van der Waals surface area contributed by atoms with Gasteiger partial charge in [0.05, 0.1) is 62.3 Å². The molecule has 16 aromatic carbocycles. The van der Waals surface area contributed by atoms with E-state index in [1.165, 1.54) is 0 Å². The second kappa shape index (κ2) is 24.1. The third-order valence-electron chi connectivity index (χ3n) is 21.6. The van der Waals surface area contributed by atoms with E-state index in [4.69, 9.17) is 1.37 Å². The minimum absolute atomic E-state index is 0.0112. The molecule has 21 rings (SSSR count). The number of rotatable bonds is 10. The smallest absolute Gasteiger partial charge is 0.252 e. The molecule has 5 heterocycles. The number of hydrogen-bond donors (Lipinski definition) is 0. The molecule has 0 saturated carbocycles. The van der Waals surface area contributed by atoms with E-state index in [2.05, 4.69) is 228 Å². The van der Waals surface area contributed by atoms with Crippen LogP contribution in [0.5, 0.6) is 0 Å². The highest BCUT2D eigenvalue weighted by molar-refractivity contribution is 7.00. The zero-order valence-corrected chi connectivity index (χ0v) is 58.0. The lowest BCUT2D eigenvalue weighted by Crippen LogP contribution is -2.61. The molecule has 0 radical (unpaired) electrons. The van der Waals surface area contributed by atoms with Crippen molar-refractivity contribution in [1.29, 1.82) is 0 Å². The van der Waals surface area contributed by atoms with E-state index in [0.29, 0.717) is 28.3 Å². The van der Waals surface area contributed by atoms with Crippen LogP contribution in [0.25, 0.3) is 138 Å². The number of nitrogens with zero attached hydrogens (tertiary/aromatic N) is 5. The van der Waals surface area contributed by atoms with Gasteiger partial charge in [-0.25, -0.2) is 0 Å². The fraction of sp³-hybridized carbons (Fsp3) is 0.0400. The Hall–Kier alpha value is -13.4. The number of hydrogen-bond acceptors (Lipinski definition) is 2. The summed E-state index contributed by atoms with van der Waals surface area (Å²) in [7, 11) is 0. The molecule has 5 nitrogen and oxygen atoms in total. The summed E-state index contributed by atoms with van der Waals surface area (Å²) >= 11 is 0. The van der Waals surface area contributed by atoms with Gasteiger partial charge in [-0.2, -0.15) is 0 Å². The van der Waals surface area contributed by atoms with Crippen molar-refractivity contribution in [2.45, 2.75) is 26.2 Å². The minimum Gasteiger partial charge on any atom is -0.311 e. The van der Waals surface area contributed by atoms with Gasteiger partial charge in [0.2, 0.25) is 0 Å². The van der Waals surface area contributed by atoms with Gasteiger partial charge in [-0.05, 0) is 181 Å². The highest BCUT2D eigenvalue weighted by Gasteiger charge is 2.46. The molecule has 0 N–H and O–H groups in total. The first-order valence-corrected chi connectivity index (χ1v) is 35.9. The summed E-state index contributed by atoms with van der Waals surface area (Å²) in [6.45, 7) is 5.83. The van der Waals surface area contributed by atoms with Gasteiger partial charge in [0.1, 0.15) is 0 Å². The van der Waals surface area contributed by atoms with E-state index < -0.39 is 78.6 Å². The Kier molecular flexibility index (Phi) is 11.2. The molecular formula is C100H70BN5. The molecule has 2 aliphatic heterocycles. The van der Waals surface area contributed by atoms with Crippen LogP contribution in [0.1, 0.15) is 44.2 Å². The molecule has 0 bridgehead atoms. The predicted octanol–water partition coefficient (Wildman–Crippen LogP) is 24.7. The van der Waals surface area contributed by atoms with E-state index in [1.807, 2.05) is 103 Å². The molecule has 3 aromatic heterocycles. The molecule has 2 aliphatic rings. The first-order valence-electron chi connectivity index (χ1n) is 42.4. The Bertz CT molecular complexity index is 7310. The molecule has 19 aromatic rings. The van der Waals surface area contributed by atoms with Crippen molar-refractivity contribution in [1.82, 2.24) is 13.7 Å². The number of para-hydroxylation sites is 5. The molecule has 0 unspecified atom stereocenters. The monoisotopic (exact) mass is 1360 g/mol. The van der Waals surface area contributed by atoms with Gasteiger partial charge in [0.25, 0.3) is 6.71 Å². The maximum absolute atomic E-state index is 10.2. The van der Waals surface area contributed by atoms with Crippen molar-refractivity contribution < 1.29 is 17.8 Å². The van der Waals surface area contributed by atoms with Gasteiger partial charge in [-0.1, -0.05) is 281 Å². The van der Waals surface area contributed by atoms with Gasteiger partial charge >= 0.3 is 0 Å². The van der Waals surface area contributed by atoms with Crippen LogP contribution in [0.2, 0.25) is 0 Å². The molecule has 0 spiro atoms. The van der Waals surface area contributed by atoms with Crippen molar-refractivity contribution >= 4 is 123 Å². The van der Waals surface area contributed by atoms with Crippen molar-refractivity contribution in [2.24, 2.45) is 0 Å². The lowest BCUT2D eigenvalue weighted by Gasteiger charge is -2.45. The first-order chi connectivity index (χ1) is 57.6. The Balaban J connectivity index is 0.956. The number of aromatic nitrogens is 3. The van der Waals surface area contributed by atoms with Crippen molar-refractivity contribution in [3.8, 4) is 72.7 Å². The zero-order valence-electron chi connectivity index (χ0n) is 71.0. The average molecular weight is 1370 g/mol. The molecule has 498 valence electrons. The summed E-state index contributed by atoms with van der Waals surface area (Å²) in [5.74, 6) is 0. The van der Waals surface area contributed by atoms with Gasteiger partial charge < -0.3 is 23.5 Å². The number of fused-ring (bicyclic) bond motifs is 13. The molecule has 6 heteroatoms. The van der Waals surface area contributed by atoms with Crippen LogP contribution in [0.3, 0.4) is 0 Å². The van der Waals surface area contributed by atoms with E-state index >= 15 is 0 Å². The van der Waals surface area contributed by atoms with Crippen LogP contribution >= 0.6 is 0 Å². The molecular weight excluding hydrogens is 1280 g/mol. The SMILES string of the molecule is [2H]c1c([2H])c([2H])c(-c2ccc3c(c2)N(c2c(-c4ccccc4)cc(C(C)(C)C)cc2-c2ccccc2)c2cc(-n4c5c([2H])c([2H])c([2H])c([2H])c5c5c([2H])c([2H])c([2H])c([2H])c54)cc4c2B3c2ccc(-n3c5ccccc5c5cc(-n6c7ccccc7c7ccccc76)ccc53)cc2N4c2cc(-c3ccccc3)cc(-c3ccccc3)c2)c([2H])c1[2H]. The Morgan fingerprint density at radius 2 is 0.689 bits per heavy atom. The van der Waals surface area contributed by atoms with E-state index in [0.717, 1.165) is 133 Å². The highest BCUT2D eigenvalue weighted by atomic mass is 15.2. The van der Waals surface area contributed by atoms with Crippen LogP contribution in [-0.4, -0.2) is 20.4 Å². The number of benzene rings is 16. The van der Waals surface area contributed by atoms with Gasteiger partial charge in [0, 0.05) is 83.3 Å². The second-order valence-corrected chi connectivity index (χ2v) is 28.6. The molecule has 0 amide bonds. The maximum atomic E-state index is 10.2. The average Bonchev–Trinajstić information content (AvgIpc) is 1.68. The van der Waals surface area contributed by atoms with E-state index in [1.54, 1.807) is 4.57 Å². The summed E-state index contributed by atoms with van der Waals surface area (Å²) in [5, 5.41) is 4.17. The van der Waals surface area contributed by atoms with Crippen LogP contribution in [0, 0.1) is 0 Å². The van der Waals surface area contributed by atoms with Gasteiger partial charge in [-0.15, -0.1) is 0 Å². The maximum Gasteiger partial charge on any atom is 0.252 e. The van der Waals surface area contributed by atoms with Crippen molar-refractivity contribution in [3.05, 3.63) is 375 Å². The fourth-order valence-electron chi connectivity index (χ4n) is 16.9. The lowest BCUT2D eigenvalue weighted by molar-refractivity contribution is 0.591. The van der Waals surface area contributed by atoms with Gasteiger partial charge in [-0.3, -0.25) is 0 Å². The summed E-state index contributed by atoms with van der Waals surface area (Å²) in [4.78, 5) is 4.52. The standard InChI is InChI=1S/C100H70BN5/c1-100(2,3)73-59-83(68-35-15-7-16-36-68)99(84(60-73)69-37-17-8-18-38-69)106-94-58-70(65-29-9-4-10-30-65)49-52-86(94)101-87-53-50-75(103-92-48-28-23-43-82(92)85-61-74(51-54-93(85)103)102-88-44-24-19-39-78(88)79-40-20-25-45-89(79)102)62-95(87)105(76-56-71(66-31-11-5-12-32-66)55-72(57-76)67-33-13-6-14-34-67)96-63-77(64-97(106)98(96)101)104-90-46-26-21-41-80(90)81-42-22-27-47-91(81)104/h4-64H,1-3H3/i4D,9D,10D,21D,22D,26D,27D,29D,30D,41D,42D,46D,47D. The lowest BCUT2D eigenvalue weighted by atomic mass is 9.33. The summed E-state index contributed by atoms with van der Waals surface area (Å²) in [6.07, 6.45) is 0. The highest BCUT2D eigenvalue weighted by Crippen LogP contribution is 2.54. The Morgan fingerprint density at radius 3 is 1.24 bits per heavy atom. The topological polar surface area (TPSA) is 21.3 Å². The quantitative estimate of drug-likeness (QED) is 0.127. The summed E-state index contributed by atoms with van der Waals surface area (Å²) in [5.41, 5.74) is 20.2. The van der Waals surface area contributed by atoms with Crippen LogP contribution in [0.4, 0.5) is 34.1 Å². The minimum atomic E-state index is -0.727. The van der Waals surface area contributed by atoms with Crippen molar-refractivity contribution in [3.63, 3.8) is 0 Å². The molecule has 0 atom stereocenters. The molecule has 106 heavy (non-hydrogen) atoms. The zero-order chi connectivity index (χ0) is 81.6. The normalized spacial score (nSPS) is 14.3. The van der Waals surface area contributed by atoms with Crippen LogP contribution < -0.4 is 26.2 Å². The van der Waals surface area contributed by atoms with E-state index in [9.17, 15) is 16.4 Å². The molecule has 0 saturated heterocycles. The Labute approximate surface area is 635 Å². The Morgan fingerprint density at radius 1 is 0.264 bits per heavy atom. The van der Waals surface area contributed by atoms with Crippen LogP contribution in [-0.2, 0) is 5.41 Å². The fourth-order valence-corrected chi connectivity index (χ4v) is 16.9. The summed E-state index contributed by atoms with van der Waals surface area (Å²) in [6, 6.07) is 94.2. The first kappa shape index (κ1) is 49.2. The molecule has 0 aliphatic carbocycles. The third kappa shape index (κ3) is 9.64. The van der Waals surface area contributed by atoms with Crippen molar-refractivity contribution in [2.75, 3.05) is 9.80 Å². The summed E-state index contributed by atoms with van der Waals surface area (Å²) < 4.78 is 131. The third-order valence-corrected chi connectivity index (χ3v) is 21.6. The van der Waals surface area contributed by atoms with Crippen LogP contribution in [0.15, 0.2) is 370 Å². The predicted molar refractivity (Wildman–Crippen MR) is 449 cm³/mol.